The number of hydrogen-bond acceptors (Lipinski definition) is 4. The number of rotatable bonds is 6. The summed E-state index contributed by atoms with van der Waals surface area (Å²) in [6, 6.07) is 3.06. The standard InChI is InChI=1S/C12H16Cl2N2O2S/c1-7(2-3-17)19-6-11(18)16-12-9(14)4-8(13)5-10(12)15/h4-5,7,17H,2-3,6,15H2,1H3,(H,16,18). The van der Waals surface area contributed by atoms with Crippen LogP contribution in [0, 0.1) is 0 Å². The Hall–Kier alpha value is -0.620. The summed E-state index contributed by atoms with van der Waals surface area (Å²) < 4.78 is 0. The van der Waals surface area contributed by atoms with E-state index < -0.39 is 0 Å². The summed E-state index contributed by atoms with van der Waals surface area (Å²) in [5, 5.41) is 12.4. The third-order valence-corrected chi connectivity index (χ3v) is 4.13. The third-order valence-electron chi connectivity index (χ3n) is 2.38. The number of amides is 1. The van der Waals surface area contributed by atoms with Crippen LogP contribution in [0.5, 0.6) is 0 Å². The topological polar surface area (TPSA) is 75.3 Å². The van der Waals surface area contributed by atoms with Crippen molar-refractivity contribution in [3.63, 3.8) is 0 Å². The molecule has 0 spiro atoms. The smallest absolute Gasteiger partial charge is 0.234 e. The minimum atomic E-state index is -0.189. The molecule has 4 nitrogen and oxygen atoms in total. The average Bonchev–Trinajstić information content (AvgIpc) is 2.31. The van der Waals surface area contributed by atoms with Gasteiger partial charge in [0.1, 0.15) is 0 Å². The van der Waals surface area contributed by atoms with Crippen molar-refractivity contribution < 1.29 is 9.90 Å². The number of thioether (sulfide) groups is 1. The minimum absolute atomic E-state index is 0.117. The molecule has 1 aromatic rings. The first-order valence-electron chi connectivity index (χ1n) is 5.71. The first-order chi connectivity index (χ1) is 8.93. The summed E-state index contributed by atoms with van der Waals surface area (Å²) in [6.07, 6.45) is 0.655. The molecule has 0 aliphatic carbocycles. The number of aliphatic hydroxyl groups is 1. The molecule has 1 atom stereocenters. The maximum Gasteiger partial charge on any atom is 0.234 e. The van der Waals surface area contributed by atoms with E-state index in [9.17, 15) is 4.79 Å². The first-order valence-corrected chi connectivity index (χ1v) is 7.51. The van der Waals surface area contributed by atoms with Crippen LogP contribution in [0.2, 0.25) is 10.0 Å². The Bertz CT molecular complexity index is 434. The van der Waals surface area contributed by atoms with Gasteiger partial charge in [0.05, 0.1) is 22.2 Å². The summed E-state index contributed by atoms with van der Waals surface area (Å²) in [6.45, 7) is 2.07. The Labute approximate surface area is 126 Å². The molecule has 0 heterocycles. The number of aliphatic hydroxyl groups excluding tert-OH is 1. The number of carbonyl (C=O) groups excluding carboxylic acids is 1. The lowest BCUT2D eigenvalue weighted by molar-refractivity contribution is -0.113. The fourth-order valence-corrected chi connectivity index (χ4v) is 2.72. The second kappa shape index (κ2) is 7.85. The number of anilines is 2. The number of halogens is 2. The van der Waals surface area contributed by atoms with Gasteiger partial charge in [0.2, 0.25) is 5.91 Å². The zero-order chi connectivity index (χ0) is 14.4. The molecule has 19 heavy (non-hydrogen) atoms. The summed E-state index contributed by atoms with van der Waals surface area (Å²) in [7, 11) is 0. The van der Waals surface area contributed by atoms with E-state index in [1.165, 1.54) is 23.9 Å². The highest BCUT2D eigenvalue weighted by atomic mass is 35.5. The largest absolute Gasteiger partial charge is 0.397 e. The van der Waals surface area contributed by atoms with Crippen LogP contribution in [0.3, 0.4) is 0 Å². The molecule has 0 aliphatic heterocycles. The molecule has 0 saturated carbocycles. The average molecular weight is 323 g/mol. The molecule has 0 bridgehead atoms. The Balaban J connectivity index is 2.58. The van der Waals surface area contributed by atoms with Crippen LogP contribution >= 0.6 is 35.0 Å². The molecule has 0 aromatic heterocycles. The molecule has 106 valence electrons. The van der Waals surface area contributed by atoms with E-state index in [0.717, 1.165) is 0 Å². The zero-order valence-corrected chi connectivity index (χ0v) is 12.8. The molecule has 7 heteroatoms. The predicted molar refractivity (Wildman–Crippen MR) is 83.1 cm³/mol. The summed E-state index contributed by atoms with van der Waals surface area (Å²) in [5.41, 5.74) is 6.46. The Morgan fingerprint density at radius 2 is 2.21 bits per heavy atom. The Kier molecular flexibility index (Phi) is 6.79. The lowest BCUT2D eigenvalue weighted by atomic mass is 10.2. The summed E-state index contributed by atoms with van der Waals surface area (Å²) in [4.78, 5) is 11.8. The maximum atomic E-state index is 11.8. The lowest BCUT2D eigenvalue weighted by Gasteiger charge is -2.12. The second-order valence-electron chi connectivity index (χ2n) is 4.03. The van der Waals surface area contributed by atoms with Crippen molar-refractivity contribution in [1.82, 2.24) is 0 Å². The van der Waals surface area contributed by atoms with Gasteiger partial charge in [-0.1, -0.05) is 30.1 Å². The quantitative estimate of drug-likeness (QED) is 0.704. The zero-order valence-electron chi connectivity index (χ0n) is 10.5. The molecule has 4 N–H and O–H groups in total. The van der Waals surface area contributed by atoms with Gasteiger partial charge in [-0.3, -0.25) is 4.79 Å². The number of benzene rings is 1. The van der Waals surface area contributed by atoms with Crippen molar-refractivity contribution >= 4 is 52.2 Å². The maximum absolute atomic E-state index is 11.8. The van der Waals surface area contributed by atoms with Gasteiger partial charge >= 0.3 is 0 Å². The number of nitrogens with two attached hydrogens (primary N) is 1. The third kappa shape index (κ3) is 5.48. The SMILES string of the molecule is CC(CCO)SCC(=O)Nc1c(N)cc(Cl)cc1Cl. The van der Waals surface area contributed by atoms with Crippen LogP contribution < -0.4 is 11.1 Å². The molecule has 0 fully saturated rings. The minimum Gasteiger partial charge on any atom is -0.397 e. The van der Waals surface area contributed by atoms with E-state index >= 15 is 0 Å². The Morgan fingerprint density at radius 1 is 1.53 bits per heavy atom. The van der Waals surface area contributed by atoms with Crippen LogP contribution in [0.4, 0.5) is 11.4 Å². The van der Waals surface area contributed by atoms with Crippen molar-refractivity contribution in [3.8, 4) is 0 Å². The number of nitrogens with one attached hydrogen (secondary N) is 1. The van der Waals surface area contributed by atoms with Gasteiger partial charge in [0.25, 0.3) is 0 Å². The van der Waals surface area contributed by atoms with Crippen LogP contribution in [0.15, 0.2) is 12.1 Å². The first kappa shape index (κ1) is 16.4. The summed E-state index contributed by atoms with van der Waals surface area (Å²) in [5.74, 6) is 0.0882. The molecule has 1 aromatic carbocycles. The molecule has 0 radical (unpaired) electrons. The highest BCUT2D eigenvalue weighted by Gasteiger charge is 2.12. The van der Waals surface area contributed by atoms with E-state index in [0.29, 0.717) is 27.8 Å². The van der Waals surface area contributed by atoms with Crippen LogP contribution in [0.1, 0.15) is 13.3 Å². The van der Waals surface area contributed by atoms with Gasteiger partial charge in [-0.2, -0.15) is 0 Å². The van der Waals surface area contributed by atoms with Crippen molar-refractivity contribution in [3.05, 3.63) is 22.2 Å². The van der Waals surface area contributed by atoms with Crippen molar-refractivity contribution in [2.75, 3.05) is 23.4 Å². The lowest BCUT2D eigenvalue weighted by Crippen LogP contribution is -2.17. The van der Waals surface area contributed by atoms with Crippen LogP contribution in [0.25, 0.3) is 0 Å². The van der Waals surface area contributed by atoms with Crippen molar-refractivity contribution in [1.29, 1.82) is 0 Å². The summed E-state index contributed by atoms with van der Waals surface area (Å²) >= 11 is 13.2. The number of carbonyl (C=O) groups is 1. The van der Waals surface area contributed by atoms with Gasteiger partial charge in [-0.25, -0.2) is 0 Å². The highest BCUT2D eigenvalue weighted by Crippen LogP contribution is 2.32. The van der Waals surface area contributed by atoms with Gasteiger partial charge in [-0.15, -0.1) is 11.8 Å². The van der Waals surface area contributed by atoms with Crippen molar-refractivity contribution in [2.45, 2.75) is 18.6 Å². The molecule has 0 aliphatic rings. The van der Waals surface area contributed by atoms with E-state index in [2.05, 4.69) is 5.32 Å². The highest BCUT2D eigenvalue weighted by molar-refractivity contribution is 8.00. The predicted octanol–water partition coefficient (Wildman–Crippen LogP) is 3.02. The van der Waals surface area contributed by atoms with E-state index in [4.69, 9.17) is 34.0 Å². The van der Waals surface area contributed by atoms with Gasteiger partial charge in [-0.05, 0) is 18.6 Å². The molecule has 1 unspecified atom stereocenters. The second-order valence-corrected chi connectivity index (χ2v) is 6.30. The van der Waals surface area contributed by atoms with Crippen LogP contribution in [-0.2, 0) is 4.79 Å². The van der Waals surface area contributed by atoms with Gasteiger partial charge in [0, 0.05) is 16.9 Å². The van der Waals surface area contributed by atoms with Gasteiger partial charge < -0.3 is 16.2 Å². The number of hydrogen-bond donors (Lipinski definition) is 3. The molecular formula is C12H16Cl2N2O2S. The van der Waals surface area contributed by atoms with Crippen LogP contribution in [-0.4, -0.2) is 28.6 Å². The molecular weight excluding hydrogens is 307 g/mol. The van der Waals surface area contributed by atoms with E-state index in [1.54, 1.807) is 0 Å². The van der Waals surface area contributed by atoms with E-state index in [-0.39, 0.29) is 23.5 Å². The van der Waals surface area contributed by atoms with Gasteiger partial charge in [0.15, 0.2) is 0 Å². The fourth-order valence-electron chi connectivity index (χ4n) is 1.38. The fraction of sp³-hybridized carbons (Fsp3) is 0.417. The molecule has 1 rings (SSSR count). The monoisotopic (exact) mass is 322 g/mol. The Morgan fingerprint density at radius 3 is 2.79 bits per heavy atom. The number of nitrogen functional groups attached to an aromatic ring is 1. The van der Waals surface area contributed by atoms with Crippen molar-refractivity contribution in [2.24, 2.45) is 0 Å². The molecule has 0 saturated heterocycles. The van der Waals surface area contributed by atoms with E-state index in [1.807, 2.05) is 6.92 Å². The normalized spacial score (nSPS) is 12.2. The molecule has 1 amide bonds.